The predicted molar refractivity (Wildman–Crippen MR) is 116 cm³/mol. The molecule has 0 aliphatic rings. The highest BCUT2D eigenvalue weighted by Gasteiger charge is 2.31. The zero-order valence-corrected chi connectivity index (χ0v) is 18.6. The molecule has 4 nitrogen and oxygen atoms in total. The number of benzene rings is 2. The van der Waals surface area contributed by atoms with Gasteiger partial charge in [0, 0.05) is 21.8 Å². The normalized spacial score (nSPS) is 11.7. The quantitative estimate of drug-likeness (QED) is 0.428. The topological polar surface area (TPSA) is 46.9 Å². The zero-order valence-electron chi connectivity index (χ0n) is 16.2. The number of nitrogens with one attached hydrogen (secondary N) is 1. The molecule has 0 saturated carbocycles. The van der Waals surface area contributed by atoms with Gasteiger partial charge >= 0.3 is 6.18 Å². The Morgan fingerprint density at radius 2 is 1.90 bits per heavy atom. The van der Waals surface area contributed by atoms with Crippen LogP contribution in [0.4, 0.5) is 13.2 Å². The van der Waals surface area contributed by atoms with Gasteiger partial charge in [-0.2, -0.15) is 13.2 Å². The second-order valence-electron chi connectivity index (χ2n) is 6.83. The molecule has 0 spiro atoms. The molecular weight excluding hydrogens is 479 g/mol. The number of nitrogens with zero attached hydrogens (tertiary/aromatic N) is 2. The lowest BCUT2D eigenvalue weighted by Crippen LogP contribution is -2.31. The number of thioether (sulfide) groups is 1. The molecule has 0 fully saturated rings. The summed E-state index contributed by atoms with van der Waals surface area (Å²) < 4.78 is 42.3. The van der Waals surface area contributed by atoms with E-state index in [1.165, 1.54) is 17.8 Å². The molecule has 0 radical (unpaired) electrons. The molecule has 1 N–H and O–H groups in total. The van der Waals surface area contributed by atoms with Crippen LogP contribution in [-0.4, -0.2) is 27.3 Å². The molecule has 1 amide bonds. The van der Waals surface area contributed by atoms with Gasteiger partial charge in [0.25, 0.3) is 0 Å². The molecular formula is C21H19BrF3N3OS. The Morgan fingerprint density at radius 1 is 1.20 bits per heavy atom. The number of aromatic nitrogens is 2. The lowest BCUT2D eigenvalue weighted by atomic mass is 10.1. The van der Waals surface area contributed by atoms with Crippen LogP contribution in [0.3, 0.4) is 0 Å². The van der Waals surface area contributed by atoms with Crippen molar-refractivity contribution < 1.29 is 18.0 Å². The summed E-state index contributed by atoms with van der Waals surface area (Å²) in [6, 6.07) is 12.5. The molecule has 1 aromatic heterocycles. The molecule has 0 atom stereocenters. The van der Waals surface area contributed by atoms with Gasteiger partial charge in [-0.25, -0.2) is 4.98 Å². The SMILES string of the molecule is CC(C)NC(=O)CSc1ncc(-c2ccc(Br)cc2)n1-c1cccc(C(F)(F)F)c1. The first-order valence-corrected chi connectivity index (χ1v) is 10.9. The van der Waals surface area contributed by atoms with Gasteiger partial charge in [-0.15, -0.1) is 0 Å². The molecule has 0 bridgehead atoms. The third kappa shape index (κ3) is 5.46. The third-order valence-electron chi connectivity index (χ3n) is 4.08. The molecule has 1 heterocycles. The average molecular weight is 498 g/mol. The van der Waals surface area contributed by atoms with Gasteiger partial charge < -0.3 is 5.32 Å². The van der Waals surface area contributed by atoms with Crippen LogP contribution in [0.1, 0.15) is 19.4 Å². The number of amides is 1. The Balaban J connectivity index is 2.04. The summed E-state index contributed by atoms with van der Waals surface area (Å²) in [6.45, 7) is 3.72. The van der Waals surface area contributed by atoms with Crippen molar-refractivity contribution in [3.8, 4) is 16.9 Å². The maximum absolute atomic E-state index is 13.3. The number of hydrogen-bond donors (Lipinski definition) is 1. The van der Waals surface area contributed by atoms with Crippen molar-refractivity contribution >= 4 is 33.6 Å². The first kappa shape index (κ1) is 22.4. The fraction of sp³-hybridized carbons (Fsp3) is 0.238. The van der Waals surface area contributed by atoms with E-state index in [1.54, 1.807) is 16.8 Å². The standard InChI is InChI=1S/C21H19BrF3N3OS/c1-13(2)27-19(29)12-30-20-26-11-18(14-6-8-16(22)9-7-14)28(20)17-5-3-4-15(10-17)21(23,24)25/h3-11,13H,12H2,1-2H3,(H,27,29). The Morgan fingerprint density at radius 3 is 2.53 bits per heavy atom. The van der Waals surface area contributed by atoms with Crippen molar-refractivity contribution in [3.05, 3.63) is 64.8 Å². The van der Waals surface area contributed by atoms with Gasteiger partial charge in [-0.05, 0) is 44.2 Å². The number of alkyl halides is 3. The molecule has 0 aliphatic heterocycles. The molecule has 0 aliphatic carbocycles. The van der Waals surface area contributed by atoms with E-state index in [0.717, 1.165) is 22.2 Å². The summed E-state index contributed by atoms with van der Waals surface area (Å²) in [5.74, 6) is -0.0627. The van der Waals surface area contributed by atoms with Gasteiger partial charge in [-0.1, -0.05) is 45.9 Å². The first-order chi connectivity index (χ1) is 14.1. The number of carbonyl (C=O) groups excluding carboxylic acids is 1. The number of rotatable bonds is 6. The van der Waals surface area contributed by atoms with Crippen molar-refractivity contribution in [2.24, 2.45) is 0 Å². The van der Waals surface area contributed by atoms with Gasteiger partial charge in [0.05, 0.1) is 23.2 Å². The van der Waals surface area contributed by atoms with E-state index >= 15 is 0 Å². The lowest BCUT2D eigenvalue weighted by Gasteiger charge is -2.15. The lowest BCUT2D eigenvalue weighted by molar-refractivity contribution is -0.137. The molecule has 3 aromatic rings. The molecule has 3 rings (SSSR count). The van der Waals surface area contributed by atoms with Crippen LogP contribution in [0.2, 0.25) is 0 Å². The number of carbonyl (C=O) groups is 1. The minimum atomic E-state index is -4.46. The number of hydrogen-bond acceptors (Lipinski definition) is 3. The van der Waals surface area contributed by atoms with Gasteiger partial charge in [-0.3, -0.25) is 9.36 Å². The average Bonchev–Trinajstić information content (AvgIpc) is 3.10. The summed E-state index contributed by atoms with van der Waals surface area (Å²) in [5.41, 5.74) is 1.01. The van der Waals surface area contributed by atoms with E-state index in [2.05, 4.69) is 26.2 Å². The smallest absolute Gasteiger partial charge is 0.353 e. The third-order valence-corrected chi connectivity index (χ3v) is 5.56. The van der Waals surface area contributed by atoms with Crippen molar-refractivity contribution in [3.63, 3.8) is 0 Å². The highest BCUT2D eigenvalue weighted by molar-refractivity contribution is 9.10. The number of halogens is 4. The Hall–Kier alpha value is -2.26. The van der Waals surface area contributed by atoms with E-state index in [-0.39, 0.29) is 17.7 Å². The Labute approximate surface area is 185 Å². The summed E-state index contributed by atoms with van der Waals surface area (Å²) in [7, 11) is 0. The summed E-state index contributed by atoms with van der Waals surface area (Å²) in [4.78, 5) is 16.4. The summed E-state index contributed by atoms with van der Waals surface area (Å²) >= 11 is 4.56. The minimum Gasteiger partial charge on any atom is -0.353 e. The Bertz CT molecular complexity index is 1030. The summed E-state index contributed by atoms with van der Waals surface area (Å²) in [5, 5.41) is 3.23. The van der Waals surface area contributed by atoms with Crippen molar-refractivity contribution in [2.45, 2.75) is 31.2 Å². The maximum atomic E-state index is 13.3. The molecule has 9 heteroatoms. The van der Waals surface area contributed by atoms with E-state index in [0.29, 0.717) is 16.5 Å². The van der Waals surface area contributed by atoms with Crippen molar-refractivity contribution in [1.82, 2.24) is 14.9 Å². The largest absolute Gasteiger partial charge is 0.416 e. The fourth-order valence-electron chi connectivity index (χ4n) is 2.83. The van der Waals surface area contributed by atoms with Crippen LogP contribution in [0, 0.1) is 0 Å². The zero-order chi connectivity index (χ0) is 21.9. The molecule has 30 heavy (non-hydrogen) atoms. The van der Waals surface area contributed by atoms with Crippen LogP contribution in [0.25, 0.3) is 16.9 Å². The van der Waals surface area contributed by atoms with E-state index in [1.807, 2.05) is 38.1 Å². The van der Waals surface area contributed by atoms with Crippen LogP contribution in [0.15, 0.2) is 64.4 Å². The van der Waals surface area contributed by atoms with Crippen LogP contribution >= 0.6 is 27.7 Å². The maximum Gasteiger partial charge on any atom is 0.416 e. The fourth-order valence-corrected chi connectivity index (χ4v) is 3.89. The van der Waals surface area contributed by atoms with Crippen LogP contribution < -0.4 is 5.32 Å². The molecule has 0 saturated heterocycles. The van der Waals surface area contributed by atoms with Crippen LogP contribution in [0.5, 0.6) is 0 Å². The monoisotopic (exact) mass is 497 g/mol. The second-order valence-corrected chi connectivity index (χ2v) is 8.69. The second kappa shape index (κ2) is 9.26. The van der Waals surface area contributed by atoms with E-state index in [9.17, 15) is 18.0 Å². The predicted octanol–water partition coefficient (Wildman–Crippen LogP) is 5.94. The molecule has 0 unspecified atom stereocenters. The van der Waals surface area contributed by atoms with Gasteiger partial charge in [0.2, 0.25) is 5.91 Å². The molecule has 2 aromatic carbocycles. The van der Waals surface area contributed by atoms with Crippen LogP contribution in [-0.2, 0) is 11.0 Å². The number of imidazole rings is 1. The molecule has 158 valence electrons. The van der Waals surface area contributed by atoms with E-state index in [4.69, 9.17) is 0 Å². The van der Waals surface area contributed by atoms with Gasteiger partial charge in [0.1, 0.15) is 0 Å². The first-order valence-electron chi connectivity index (χ1n) is 9.08. The van der Waals surface area contributed by atoms with Crippen molar-refractivity contribution in [1.29, 1.82) is 0 Å². The highest BCUT2D eigenvalue weighted by atomic mass is 79.9. The highest BCUT2D eigenvalue weighted by Crippen LogP contribution is 2.34. The van der Waals surface area contributed by atoms with E-state index < -0.39 is 11.7 Å². The summed E-state index contributed by atoms with van der Waals surface area (Å²) in [6.07, 6.45) is -2.86. The Kier molecular flexibility index (Phi) is 6.92. The van der Waals surface area contributed by atoms with Gasteiger partial charge in [0.15, 0.2) is 5.16 Å². The van der Waals surface area contributed by atoms with Crippen molar-refractivity contribution in [2.75, 3.05) is 5.75 Å². The minimum absolute atomic E-state index is 0.000335.